The van der Waals surface area contributed by atoms with Gasteiger partial charge in [-0.15, -0.1) is 0 Å². The Balaban J connectivity index is 1.60. The number of carbonyl (C=O) groups excluding carboxylic acids is 3. The molecule has 0 spiro atoms. The van der Waals surface area contributed by atoms with Crippen LogP contribution in [0.1, 0.15) is 18.4 Å². The lowest BCUT2D eigenvalue weighted by atomic mass is 10.1. The second kappa shape index (κ2) is 9.03. The molecule has 1 aliphatic heterocycles. The van der Waals surface area contributed by atoms with Crippen LogP contribution in [0, 0.1) is 0 Å². The Hall–Kier alpha value is -3.35. The molecule has 1 heterocycles. The molecule has 1 saturated heterocycles. The van der Waals surface area contributed by atoms with Crippen LogP contribution in [0.4, 0.5) is 11.4 Å². The first-order chi connectivity index (χ1) is 13.6. The highest BCUT2D eigenvalue weighted by molar-refractivity contribution is 6.39. The number of rotatable bonds is 6. The molecular weight excluding hydrogens is 358 g/mol. The van der Waals surface area contributed by atoms with Crippen molar-refractivity contribution in [2.24, 2.45) is 0 Å². The van der Waals surface area contributed by atoms with Gasteiger partial charge in [0.15, 0.2) is 0 Å². The summed E-state index contributed by atoms with van der Waals surface area (Å²) in [6.45, 7) is 0.971. The van der Waals surface area contributed by atoms with Gasteiger partial charge in [-0.1, -0.05) is 30.3 Å². The summed E-state index contributed by atoms with van der Waals surface area (Å²) in [7, 11) is 1.53. The van der Waals surface area contributed by atoms with E-state index in [1.54, 1.807) is 23.1 Å². The maximum Gasteiger partial charge on any atom is 0.313 e. The highest BCUT2D eigenvalue weighted by Gasteiger charge is 2.25. The van der Waals surface area contributed by atoms with Crippen LogP contribution in [0.5, 0.6) is 5.75 Å². The summed E-state index contributed by atoms with van der Waals surface area (Å²) in [5.74, 6) is -0.900. The minimum atomic E-state index is -0.753. The van der Waals surface area contributed by atoms with Crippen LogP contribution in [0.3, 0.4) is 0 Å². The van der Waals surface area contributed by atoms with Gasteiger partial charge in [-0.2, -0.15) is 0 Å². The van der Waals surface area contributed by atoms with Gasteiger partial charge in [-0.25, -0.2) is 0 Å². The predicted molar refractivity (Wildman–Crippen MR) is 106 cm³/mol. The van der Waals surface area contributed by atoms with E-state index in [0.717, 1.165) is 12.0 Å². The number of hydrogen-bond acceptors (Lipinski definition) is 4. The van der Waals surface area contributed by atoms with Crippen LogP contribution in [0.15, 0.2) is 48.5 Å². The second-order valence-electron chi connectivity index (χ2n) is 6.48. The molecule has 0 atom stereocenters. The highest BCUT2D eigenvalue weighted by atomic mass is 16.5. The molecule has 0 unspecified atom stereocenters. The van der Waals surface area contributed by atoms with Crippen LogP contribution in [0.2, 0.25) is 0 Å². The van der Waals surface area contributed by atoms with Crippen molar-refractivity contribution >= 4 is 29.1 Å². The Morgan fingerprint density at radius 2 is 1.89 bits per heavy atom. The van der Waals surface area contributed by atoms with E-state index in [-0.39, 0.29) is 5.91 Å². The van der Waals surface area contributed by atoms with Crippen molar-refractivity contribution in [3.05, 3.63) is 54.1 Å². The Morgan fingerprint density at radius 3 is 2.57 bits per heavy atom. The smallest absolute Gasteiger partial charge is 0.313 e. The Morgan fingerprint density at radius 1 is 1.11 bits per heavy atom. The van der Waals surface area contributed by atoms with Crippen LogP contribution >= 0.6 is 0 Å². The number of hydrogen-bond donors (Lipinski definition) is 2. The van der Waals surface area contributed by atoms with Gasteiger partial charge in [0, 0.05) is 25.2 Å². The summed E-state index contributed by atoms with van der Waals surface area (Å²) in [5, 5.41) is 5.19. The summed E-state index contributed by atoms with van der Waals surface area (Å²) in [5.41, 5.74) is 2.10. The van der Waals surface area contributed by atoms with E-state index in [2.05, 4.69) is 10.6 Å². The molecule has 1 aliphatic rings. The fourth-order valence-corrected chi connectivity index (χ4v) is 3.11. The Bertz CT molecular complexity index is 867. The summed E-state index contributed by atoms with van der Waals surface area (Å²) < 4.78 is 5.32. The zero-order valence-electron chi connectivity index (χ0n) is 15.7. The normalized spacial score (nSPS) is 13.3. The van der Waals surface area contributed by atoms with Gasteiger partial charge >= 0.3 is 11.8 Å². The van der Waals surface area contributed by atoms with Gasteiger partial charge in [0.25, 0.3) is 0 Å². The molecule has 0 aromatic heterocycles. The molecule has 0 bridgehead atoms. The number of nitrogens with one attached hydrogen (secondary N) is 2. The number of benzene rings is 2. The molecule has 28 heavy (non-hydrogen) atoms. The second-order valence-corrected chi connectivity index (χ2v) is 6.48. The highest BCUT2D eigenvalue weighted by Crippen LogP contribution is 2.33. The van der Waals surface area contributed by atoms with Crippen LogP contribution in [0.25, 0.3) is 0 Å². The maximum atomic E-state index is 12.2. The minimum Gasteiger partial charge on any atom is -0.495 e. The minimum absolute atomic E-state index is 0.0143. The third-order valence-corrected chi connectivity index (χ3v) is 4.55. The van der Waals surface area contributed by atoms with Crippen molar-refractivity contribution in [3.8, 4) is 5.75 Å². The molecule has 0 radical (unpaired) electrons. The number of ether oxygens (including phenoxy) is 1. The lowest BCUT2D eigenvalue weighted by molar-refractivity contribution is -0.136. The van der Waals surface area contributed by atoms with E-state index >= 15 is 0 Å². The quantitative estimate of drug-likeness (QED) is 0.751. The average Bonchev–Trinajstić information content (AvgIpc) is 3.14. The predicted octanol–water partition coefficient (Wildman–Crippen LogP) is 2.12. The molecule has 3 rings (SSSR count). The summed E-state index contributed by atoms with van der Waals surface area (Å²) in [6.07, 6.45) is 1.91. The number of nitrogens with zero attached hydrogens (tertiary/aromatic N) is 1. The molecule has 2 aromatic rings. The first-order valence-corrected chi connectivity index (χ1v) is 9.20. The lowest BCUT2D eigenvalue weighted by Crippen LogP contribution is -2.36. The van der Waals surface area contributed by atoms with Gasteiger partial charge in [0.1, 0.15) is 5.75 Å². The largest absolute Gasteiger partial charge is 0.495 e. The van der Waals surface area contributed by atoms with Gasteiger partial charge in [-0.05, 0) is 36.6 Å². The van der Waals surface area contributed by atoms with Crippen molar-refractivity contribution in [1.29, 1.82) is 0 Å². The van der Waals surface area contributed by atoms with Crippen LogP contribution in [-0.2, 0) is 20.8 Å². The summed E-state index contributed by atoms with van der Waals surface area (Å²) in [4.78, 5) is 37.9. The standard InChI is InChI=1S/C21H23N3O4/c1-28-18-10-9-16(14-17(18)24-13-5-8-19(24)25)23-21(27)20(26)22-12-11-15-6-3-2-4-7-15/h2-4,6-7,9-10,14H,5,8,11-13H2,1H3,(H,22,26)(H,23,27). The van der Waals surface area contributed by atoms with Crippen molar-refractivity contribution in [2.45, 2.75) is 19.3 Å². The number of amides is 3. The third kappa shape index (κ3) is 4.68. The number of anilines is 2. The van der Waals surface area contributed by atoms with E-state index in [1.165, 1.54) is 7.11 Å². The van der Waals surface area contributed by atoms with Crippen LogP contribution < -0.4 is 20.3 Å². The molecular formula is C21H23N3O4. The van der Waals surface area contributed by atoms with Crippen molar-refractivity contribution in [1.82, 2.24) is 5.32 Å². The molecule has 7 nitrogen and oxygen atoms in total. The van der Waals surface area contributed by atoms with Gasteiger partial charge in [0.05, 0.1) is 12.8 Å². The molecule has 1 fully saturated rings. The molecule has 0 saturated carbocycles. The SMILES string of the molecule is COc1ccc(NC(=O)C(=O)NCCc2ccccc2)cc1N1CCCC1=O. The lowest BCUT2D eigenvalue weighted by Gasteiger charge is -2.20. The van der Waals surface area contributed by atoms with Crippen molar-refractivity contribution < 1.29 is 19.1 Å². The van der Waals surface area contributed by atoms with E-state index in [4.69, 9.17) is 4.74 Å². The van der Waals surface area contributed by atoms with Gasteiger partial charge < -0.3 is 20.3 Å². The van der Waals surface area contributed by atoms with E-state index < -0.39 is 11.8 Å². The fraction of sp³-hybridized carbons (Fsp3) is 0.286. The number of methoxy groups -OCH3 is 1. The third-order valence-electron chi connectivity index (χ3n) is 4.55. The molecule has 2 aromatic carbocycles. The van der Waals surface area contributed by atoms with Crippen molar-refractivity contribution in [3.63, 3.8) is 0 Å². The van der Waals surface area contributed by atoms with Gasteiger partial charge in [0.2, 0.25) is 5.91 Å². The van der Waals surface area contributed by atoms with E-state index in [0.29, 0.717) is 43.1 Å². The maximum absolute atomic E-state index is 12.2. The monoisotopic (exact) mass is 381 g/mol. The topological polar surface area (TPSA) is 87.7 Å². The van der Waals surface area contributed by atoms with E-state index in [9.17, 15) is 14.4 Å². The van der Waals surface area contributed by atoms with Crippen LogP contribution in [-0.4, -0.2) is 37.9 Å². The summed E-state index contributed by atoms with van der Waals surface area (Å²) >= 11 is 0. The Kier molecular flexibility index (Phi) is 6.26. The fourth-order valence-electron chi connectivity index (χ4n) is 3.11. The zero-order chi connectivity index (χ0) is 19.9. The number of carbonyl (C=O) groups is 3. The summed E-state index contributed by atoms with van der Waals surface area (Å²) in [6, 6.07) is 14.7. The first-order valence-electron chi connectivity index (χ1n) is 9.20. The Labute approximate surface area is 163 Å². The zero-order valence-corrected chi connectivity index (χ0v) is 15.7. The molecule has 3 amide bonds. The molecule has 7 heteroatoms. The molecule has 146 valence electrons. The van der Waals surface area contributed by atoms with E-state index in [1.807, 2.05) is 30.3 Å². The molecule has 2 N–H and O–H groups in total. The average molecular weight is 381 g/mol. The van der Waals surface area contributed by atoms with Crippen molar-refractivity contribution in [2.75, 3.05) is 30.4 Å². The molecule has 0 aliphatic carbocycles. The van der Waals surface area contributed by atoms with Gasteiger partial charge in [-0.3, -0.25) is 14.4 Å². The first kappa shape index (κ1) is 19.4.